The average Bonchev–Trinajstić information content (AvgIpc) is 2.13. The number of rotatable bonds is 4. The van der Waals surface area contributed by atoms with E-state index in [9.17, 15) is 0 Å². The van der Waals surface area contributed by atoms with E-state index < -0.39 is 0 Å². The van der Waals surface area contributed by atoms with Gasteiger partial charge in [-0.25, -0.2) is 0 Å². The molecule has 1 aromatic rings. The maximum atomic E-state index is 5.71. The van der Waals surface area contributed by atoms with Crippen molar-refractivity contribution < 1.29 is 0 Å². The van der Waals surface area contributed by atoms with E-state index in [-0.39, 0.29) is 0 Å². The highest BCUT2D eigenvalue weighted by atomic mass is 35.5. The highest BCUT2D eigenvalue weighted by Gasteiger charge is 2.02. The van der Waals surface area contributed by atoms with Crippen LogP contribution >= 0.6 is 23.2 Å². The molecule has 0 amide bonds. The van der Waals surface area contributed by atoms with Gasteiger partial charge in [0, 0.05) is 11.8 Å². The van der Waals surface area contributed by atoms with E-state index in [4.69, 9.17) is 23.2 Å². The molecule has 0 fully saturated rings. The Labute approximate surface area is 89.9 Å². The molecule has 0 aliphatic heterocycles. The van der Waals surface area contributed by atoms with Crippen molar-refractivity contribution >= 4 is 23.2 Å². The molecule has 0 aromatic heterocycles. The van der Waals surface area contributed by atoms with Crippen LogP contribution in [0.2, 0.25) is 0 Å². The Morgan fingerprint density at radius 2 is 1.46 bits per heavy atom. The molecule has 0 heterocycles. The summed E-state index contributed by atoms with van der Waals surface area (Å²) in [6.07, 6.45) is 1.90. The minimum atomic E-state index is 0.686. The second kappa shape index (κ2) is 5.51. The molecule has 0 saturated carbocycles. The van der Waals surface area contributed by atoms with Crippen LogP contribution in [0.3, 0.4) is 0 Å². The molecule has 1 aromatic carbocycles. The molecule has 0 saturated heterocycles. The number of benzene rings is 1. The SMILES string of the molecule is Cc1c(CCCl)cccc1CCCl. The third kappa shape index (κ3) is 2.89. The van der Waals surface area contributed by atoms with Crippen molar-refractivity contribution in [3.63, 3.8) is 0 Å². The molecule has 0 radical (unpaired) electrons. The summed E-state index contributed by atoms with van der Waals surface area (Å²) in [5, 5.41) is 0. The first kappa shape index (κ1) is 10.9. The van der Waals surface area contributed by atoms with Crippen molar-refractivity contribution in [1.29, 1.82) is 0 Å². The molecule has 0 spiro atoms. The Morgan fingerprint density at radius 1 is 1.00 bits per heavy atom. The van der Waals surface area contributed by atoms with Crippen LogP contribution in [-0.2, 0) is 12.8 Å². The van der Waals surface area contributed by atoms with Gasteiger partial charge in [-0.15, -0.1) is 23.2 Å². The lowest BCUT2D eigenvalue weighted by Crippen LogP contribution is -1.97. The fourth-order valence-corrected chi connectivity index (χ4v) is 1.89. The number of alkyl halides is 2. The molecule has 0 aliphatic carbocycles. The van der Waals surface area contributed by atoms with Crippen molar-refractivity contribution in [3.8, 4) is 0 Å². The summed E-state index contributed by atoms with van der Waals surface area (Å²) in [6.45, 7) is 2.14. The molecule has 0 atom stereocenters. The van der Waals surface area contributed by atoms with Gasteiger partial charge < -0.3 is 0 Å². The Kier molecular flexibility index (Phi) is 4.61. The molecule has 1 rings (SSSR count). The summed E-state index contributed by atoms with van der Waals surface area (Å²) in [5.74, 6) is 1.37. The first-order chi connectivity index (χ1) is 6.29. The lowest BCUT2D eigenvalue weighted by Gasteiger charge is -2.08. The summed E-state index contributed by atoms with van der Waals surface area (Å²) in [4.78, 5) is 0. The largest absolute Gasteiger partial charge is 0.126 e. The van der Waals surface area contributed by atoms with E-state index in [0.717, 1.165) is 12.8 Å². The van der Waals surface area contributed by atoms with Crippen LogP contribution in [0.4, 0.5) is 0 Å². The third-order valence-electron chi connectivity index (χ3n) is 2.29. The van der Waals surface area contributed by atoms with E-state index in [0.29, 0.717) is 11.8 Å². The quantitative estimate of drug-likeness (QED) is 0.676. The lowest BCUT2D eigenvalue weighted by atomic mass is 9.99. The summed E-state index contributed by atoms with van der Waals surface area (Å²) in [6, 6.07) is 6.35. The third-order valence-corrected chi connectivity index (χ3v) is 2.66. The predicted octanol–water partition coefficient (Wildman–Crippen LogP) is 3.56. The van der Waals surface area contributed by atoms with Gasteiger partial charge in [-0.2, -0.15) is 0 Å². The number of halogens is 2. The molecular formula is C11H14Cl2. The molecule has 13 heavy (non-hydrogen) atoms. The zero-order chi connectivity index (χ0) is 9.68. The van der Waals surface area contributed by atoms with Gasteiger partial charge in [0.05, 0.1) is 0 Å². The number of aryl methyl sites for hydroxylation is 2. The lowest BCUT2D eigenvalue weighted by molar-refractivity contribution is 1.05. The summed E-state index contributed by atoms with van der Waals surface area (Å²) < 4.78 is 0. The van der Waals surface area contributed by atoms with E-state index in [1.165, 1.54) is 16.7 Å². The second-order valence-corrected chi connectivity index (χ2v) is 3.84. The van der Waals surface area contributed by atoms with Crippen LogP contribution in [0.5, 0.6) is 0 Å². The maximum absolute atomic E-state index is 5.71. The molecular weight excluding hydrogens is 203 g/mol. The molecule has 0 unspecified atom stereocenters. The van der Waals surface area contributed by atoms with Crippen LogP contribution in [-0.4, -0.2) is 11.8 Å². The summed E-state index contributed by atoms with van der Waals surface area (Å²) >= 11 is 11.4. The van der Waals surface area contributed by atoms with Crippen molar-refractivity contribution in [1.82, 2.24) is 0 Å². The highest BCUT2D eigenvalue weighted by Crippen LogP contribution is 2.15. The van der Waals surface area contributed by atoms with Gasteiger partial charge in [0.2, 0.25) is 0 Å². The Balaban J connectivity index is 2.89. The minimum Gasteiger partial charge on any atom is -0.126 e. The standard InChI is InChI=1S/C11H14Cl2/c1-9-10(5-7-12)3-2-4-11(9)6-8-13/h2-4H,5-8H2,1H3. The van der Waals surface area contributed by atoms with Crippen molar-refractivity contribution in [3.05, 3.63) is 34.9 Å². The van der Waals surface area contributed by atoms with Crippen LogP contribution in [0.15, 0.2) is 18.2 Å². The normalized spacial score (nSPS) is 10.4. The van der Waals surface area contributed by atoms with Crippen LogP contribution in [0, 0.1) is 6.92 Å². The molecule has 0 aliphatic rings. The van der Waals surface area contributed by atoms with E-state index in [1.54, 1.807) is 0 Å². The Hall–Kier alpha value is -0.200. The van der Waals surface area contributed by atoms with E-state index in [2.05, 4.69) is 25.1 Å². The van der Waals surface area contributed by atoms with Gasteiger partial charge in [0.15, 0.2) is 0 Å². The monoisotopic (exact) mass is 216 g/mol. The first-order valence-electron chi connectivity index (χ1n) is 4.49. The van der Waals surface area contributed by atoms with Gasteiger partial charge in [-0.05, 0) is 36.5 Å². The minimum absolute atomic E-state index is 0.686. The first-order valence-corrected chi connectivity index (χ1v) is 5.55. The van der Waals surface area contributed by atoms with Gasteiger partial charge in [0.25, 0.3) is 0 Å². The van der Waals surface area contributed by atoms with Gasteiger partial charge in [0.1, 0.15) is 0 Å². The van der Waals surface area contributed by atoms with Crippen LogP contribution < -0.4 is 0 Å². The predicted molar refractivity (Wildman–Crippen MR) is 60.0 cm³/mol. The molecule has 0 bridgehead atoms. The fourth-order valence-electron chi connectivity index (χ4n) is 1.48. The van der Waals surface area contributed by atoms with Crippen LogP contribution in [0.1, 0.15) is 16.7 Å². The smallest absolute Gasteiger partial charge is 0.0264 e. The zero-order valence-corrected chi connectivity index (χ0v) is 9.33. The zero-order valence-electron chi connectivity index (χ0n) is 7.82. The number of hydrogen-bond donors (Lipinski definition) is 0. The van der Waals surface area contributed by atoms with Gasteiger partial charge in [-0.3, -0.25) is 0 Å². The second-order valence-electron chi connectivity index (χ2n) is 3.08. The summed E-state index contributed by atoms with van der Waals surface area (Å²) in [5.41, 5.74) is 4.04. The Morgan fingerprint density at radius 3 is 1.85 bits per heavy atom. The molecule has 2 heteroatoms. The topological polar surface area (TPSA) is 0 Å². The average molecular weight is 217 g/mol. The van der Waals surface area contributed by atoms with Crippen molar-refractivity contribution in [2.75, 3.05) is 11.8 Å². The maximum Gasteiger partial charge on any atom is 0.0264 e. The van der Waals surface area contributed by atoms with E-state index in [1.807, 2.05) is 0 Å². The van der Waals surface area contributed by atoms with E-state index >= 15 is 0 Å². The van der Waals surface area contributed by atoms with Crippen LogP contribution in [0.25, 0.3) is 0 Å². The molecule has 0 N–H and O–H groups in total. The molecule has 72 valence electrons. The summed E-state index contributed by atoms with van der Waals surface area (Å²) in [7, 11) is 0. The van der Waals surface area contributed by atoms with Gasteiger partial charge >= 0.3 is 0 Å². The molecule has 0 nitrogen and oxygen atoms in total. The number of hydrogen-bond acceptors (Lipinski definition) is 0. The fraction of sp³-hybridized carbons (Fsp3) is 0.455. The Bertz CT molecular complexity index is 245. The highest BCUT2D eigenvalue weighted by molar-refractivity contribution is 6.18. The van der Waals surface area contributed by atoms with Gasteiger partial charge in [-0.1, -0.05) is 18.2 Å². The van der Waals surface area contributed by atoms with Crippen molar-refractivity contribution in [2.24, 2.45) is 0 Å². The van der Waals surface area contributed by atoms with Crippen molar-refractivity contribution in [2.45, 2.75) is 19.8 Å².